The molecular weight excluding hydrogens is 312 g/mol. The van der Waals surface area contributed by atoms with Crippen molar-refractivity contribution >= 4 is 21.9 Å². The molecule has 0 spiro atoms. The zero-order valence-electron chi connectivity index (χ0n) is 10.3. The lowest BCUT2D eigenvalue weighted by molar-refractivity contribution is -0.136. The number of hydrogen-bond donors (Lipinski definition) is 1. The third-order valence-electron chi connectivity index (χ3n) is 2.63. The monoisotopic (exact) mass is 324 g/mol. The van der Waals surface area contributed by atoms with E-state index < -0.39 is 5.97 Å². The molecule has 5 nitrogen and oxygen atoms in total. The molecule has 0 bridgehead atoms. The molecule has 0 amide bonds. The molecule has 6 heteroatoms. The average molecular weight is 325 g/mol. The third-order valence-corrected chi connectivity index (χ3v) is 3.30. The van der Waals surface area contributed by atoms with Crippen LogP contribution in [0, 0.1) is 0 Å². The van der Waals surface area contributed by atoms with Gasteiger partial charge in [0.1, 0.15) is 5.75 Å². The number of aliphatic carboxylic acids is 1. The first kappa shape index (κ1) is 13.6. The standard InChI is InChI=1S/C13H13BrN2O3/c1-19-10-4-2-3-9(7-10)16-8-11(14)12(15-16)5-6-13(17)18/h2-4,7-8H,5-6H2,1H3,(H,17,18). The van der Waals surface area contributed by atoms with E-state index in [9.17, 15) is 4.79 Å². The molecule has 2 rings (SSSR count). The Hall–Kier alpha value is -1.82. The number of carbonyl (C=O) groups is 1. The van der Waals surface area contributed by atoms with Crippen molar-refractivity contribution in [1.29, 1.82) is 0 Å². The molecular formula is C13H13BrN2O3. The summed E-state index contributed by atoms with van der Waals surface area (Å²) in [7, 11) is 1.61. The molecule has 0 atom stereocenters. The van der Waals surface area contributed by atoms with Crippen LogP contribution < -0.4 is 4.74 Å². The van der Waals surface area contributed by atoms with E-state index in [1.165, 1.54) is 0 Å². The van der Waals surface area contributed by atoms with Crippen LogP contribution in [0.4, 0.5) is 0 Å². The number of aromatic nitrogens is 2. The minimum atomic E-state index is -0.831. The molecule has 19 heavy (non-hydrogen) atoms. The average Bonchev–Trinajstić information content (AvgIpc) is 2.78. The van der Waals surface area contributed by atoms with Crippen LogP contribution in [-0.4, -0.2) is 28.0 Å². The first-order valence-corrected chi connectivity index (χ1v) is 6.49. The fourth-order valence-corrected chi connectivity index (χ4v) is 2.14. The summed E-state index contributed by atoms with van der Waals surface area (Å²) in [5, 5.41) is 13.1. The highest BCUT2D eigenvalue weighted by Crippen LogP contribution is 2.21. The van der Waals surface area contributed by atoms with E-state index in [-0.39, 0.29) is 6.42 Å². The summed E-state index contributed by atoms with van der Waals surface area (Å²) in [6, 6.07) is 7.50. The largest absolute Gasteiger partial charge is 0.497 e. The highest BCUT2D eigenvalue weighted by molar-refractivity contribution is 9.10. The van der Waals surface area contributed by atoms with Gasteiger partial charge < -0.3 is 9.84 Å². The Bertz CT molecular complexity index is 595. The number of benzene rings is 1. The number of carboxylic acids is 1. The van der Waals surface area contributed by atoms with Crippen molar-refractivity contribution in [1.82, 2.24) is 9.78 Å². The maximum absolute atomic E-state index is 10.6. The van der Waals surface area contributed by atoms with Gasteiger partial charge in [-0.1, -0.05) is 6.07 Å². The Labute approximate surface area is 118 Å². The highest BCUT2D eigenvalue weighted by atomic mass is 79.9. The highest BCUT2D eigenvalue weighted by Gasteiger charge is 2.10. The summed E-state index contributed by atoms with van der Waals surface area (Å²) in [5.41, 5.74) is 1.59. The summed E-state index contributed by atoms with van der Waals surface area (Å²) in [5.74, 6) is -0.0842. The predicted molar refractivity (Wildman–Crippen MR) is 73.8 cm³/mol. The van der Waals surface area contributed by atoms with Gasteiger partial charge in [0.05, 0.1) is 29.4 Å². The lowest BCUT2D eigenvalue weighted by Gasteiger charge is -2.04. The Morgan fingerprint density at radius 3 is 3.00 bits per heavy atom. The van der Waals surface area contributed by atoms with Crippen molar-refractivity contribution in [2.75, 3.05) is 7.11 Å². The van der Waals surface area contributed by atoms with Gasteiger partial charge >= 0.3 is 5.97 Å². The SMILES string of the molecule is COc1cccc(-n2cc(Br)c(CCC(=O)O)n2)c1. The van der Waals surface area contributed by atoms with Gasteiger partial charge in [-0.25, -0.2) is 4.68 Å². The van der Waals surface area contributed by atoms with Gasteiger partial charge in [0.2, 0.25) is 0 Å². The Morgan fingerprint density at radius 1 is 1.53 bits per heavy atom. The van der Waals surface area contributed by atoms with E-state index >= 15 is 0 Å². The summed E-state index contributed by atoms with van der Waals surface area (Å²) in [4.78, 5) is 10.6. The van der Waals surface area contributed by atoms with Crippen molar-refractivity contribution in [3.8, 4) is 11.4 Å². The normalized spacial score (nSPS) is 10.4. The number of halogens is 1. The van der Waals surface area contributed by atoms with Crippen LogP contribution in [0.2, 0.25) is 0 Å². The molecule has 0 radical (unpaired) electrons. The predicted octanol–water partition coefficient (Wildman–Crippen LogP) is 2.66. The Kier molecular flexibility index (Phi) is 4.21. The van der Waals surface area contributed by atoms with E-state index in [0.717, 1.165) is 21.6 Å². The molecule has 0 fully saturated rings. The van der Waals surface area contributed by atoms with Crippen LogP contribution in [0.3, 0.4) is 0 Å². The van der Waals surface area contributed by atoms with E-state index in [1.807, 2.05) is 30.5 Å². The maximum atomic E-state index is 10.6. The second kappa shape index (κ2) is 5.88. The zero-order valence-corrected chi connectivity index (χ0v) is 11.9. The minimum absolute atomic E-state index is 0.0632. The smallest absolute Gasteiger partial charge is 0.303 e. The molecule has 0 aliphatic heterocycles. The van der Waals surface area contributed by atoms with Crippen molar-refractivity contribution < 1.29 is 14.6 Å². The van der Waals surface area contributed by atoms with Crippen LogP contribution in [0.5, 0.6) is 5.75 Å². The molecule has 0 aliphatic carbocycles. The first-order chi connectivity index (χ1) is 9.10. The van der Waals surface area contributed by atoms with Crippen LogP contribution in [0.15, 0.2) is 34.9 Å². The molecule has 0 saturated heterocycles. The Balaban J connectivity index is 2.25. The second-order valence-corrected chi connectivity index (χ2v) is 4.82. The summed E-state index contributed by atoms with van der Waals surface area (Å²) in [6.07, 6.45) is 2.27. The summed E-state index contributed by atoms with van der Waals surface area (Å²) >= 11 is 3.39. The molecule has 1 aromatic carbocycles. The minimum Gasteiger partial charge on any atom is -0.497 e. The topological polar surface area (TPSA) is 64.3 Å². The zero-order chi connectivity index (χ0) is 13.8. The van der Waals surface area contributed by atoms with Crippen molar-refractivity contribution in [3.05, 3.63) is 40.6 Å². The lowest BCUT2D eigenvalue weighted by Crippen LogP contribution is -2.00. The Morgan fingerprint density at radius 2 is 2.32 bits per heavy atom. The number of carboxylic acid groups (broad SMARTS) is 1. The van der Waals surface area contributed by atoms with Gasteiger partial charge in [0.25, 0.3) is 0 Å². The third kappa shape index (κ3) is 3.35. The molecule has 2 aromatic rings. The molecule has 1 heterocycles. The van der Waals surface area contributed by atoms with E-state index in [2.05, 4.69) is 21.0 Å². The quantitative estimate of drug-likeness (QED) is 0.918. The van der Waals surface area contributed by atoms with Crippen molar-refractivity contribution in [2.24, 2.45) is 0 Å². The van der Waals surface area contributed by atoms with Gasteiger partial charge in [0.15, 0.2) is 0 Å². The van der Waals surface area contributed by atoms with Crippen molar-refractivity contribution in [2.45, 2.75) is 12.8 Å². The number of nitrogens with zero attached hydrogens (tertiary/aromatic N) is 2. The van der Waals surface area contributed by atoms with Crippen molar-refractivity contribution in [3.63, 3.8) is 0 Å². The first-order valence-electron chi connectivity index (χ1n) is 5.70. The van der Waals surface area contributed by atoms with Gasteiger partial charge in [-0.05, 0) is 28.1 Å². The molecule has 0 aliphatic rings. The van der Waals surface area contributed by atoms with Gasteiger partial charge in [-0.3, -0.25) is 4.79 Å². The fraction of sp³-hybridized carbons (Fsp3) is 0.231. The number of aryl methyl sites for hydroxylation is 1. The fourth-order valence-electron chi connectivity index (χ4n) is 1.67. The van der Waals surface area contributed by atoms with Crippen LogP contribution in [-0.2, 0) is 11.2 Å². The van der Waals surface area contributed by atoms with Gasteiger partial charge in [-0.15, -0.1) is 0 Å². The van der Waals surface area contributed by atoms with Crippen LogP contribution in [0.1, 0.15) is 12.1 Å². The molecule has 0 unspecified atom stereocenters. The molecule has 0 saturated carbocycles. The number of rotatable bonds is 5. The maximum Gasteiger partial charge on any atom is 0.303 e. The molecule has 1 N–H and O–H groups in total. The number of hydrogen-bond acceptors (Lipinski definition) is 3. The van der Waals surface area contributed by atoms with E-state index in [1.54, 1.807) is 11.8 Å². The summed E-state index contributed by atoms with van der Waals surface area (Å²) < 4.78 is 7.66. The van der Waals surface area contributed by atoms with Gasteiger partial charge in [0, 0.05) is 18.7 Å². The summed E-state index contributed by atoms with van der Waals surface area (Å²) in [6.45, 7) is 0. The van der Waals surface area contributed by atoms with E-state index in [0.29, 0.717) is 6.42 Å². The second-order valence-electron chi connectivity index (χ2n) is 3.96. The number of methoxy groups -OCH3 is 1. The number of ether oxygens (including phenoxy) is 1. The molecule has 100 valence electrons. The van der Waals surface area contributed by atoms with Crippen LogP contribution >= 0.6 is 15.9 Å². The lowest BCUT2D eigenvalue weighted by atomic mass is 10.2. The van der Waals surface area contributed by atoms with E-state index in [4.69, 9.17) is 9.84 Å². The van der Waals surface area contributed by atoms with Gasteiger partial charge in [-0.2, -0.15) is 5.10 Å². The molecule has 1 aromatic heterocycles. The van der Waals surface area contributed by atoms with Crippen LogP contribution in [0.25, 0.3) is 5.69 Å².